The van der Waals surface area contributed by atoms with Crippen molar-refractivity contribution in [2.45, 2.75) is 6.92 Å². The summed E-state index contributed by atoms with van der Waals surface area (Å²) in [5.74, 6) is -0.871. The van der Waals surface area contributed by atoms with Gasteiger partial charge in [-0.3, -0.25) is 9.78 Å². The first kappa shape index (κ1) is 13.7. The van der Waals surface area contributed by atoms with Gasteiger partial charge in [-0.25, -0.2) is 4.79 Å². The van der Waals surface area contributed by atoms with Gasteiger partial charge in [0.2, 0.25) is 0 Å². The average Bonchev–Trinajstić information content (AvgIpc) is 2.49. The van der Waals surface area contributed by atoms with Gasteiger partial charge >= 0.3 is 5.97 Å². The van der Waals surface area contributed by atoms with E-state index in [-0.39, 0.29) is 11.6 Å². The maximum absolute atomic E-state index is 12.0. The summed E-state index contributed by atoms with van der Waals surface area (Å²) in [6.45, 7) is 1.86. The molecular formula is C15H14N2O3. The number of ether oxygens (including phenoxy) is 1. The quantitative estimate of drug-likeness (QED) is 0.870. The van der Waals surface area contributed by atoms with Crippen molar-refractivity contribution in [2.24, 2.45) is 0 Å². The van der Waals surface area contributed by atoms with Crippen LogP contribution in [0.3, 0.4) is 0 Å². The maximum atomic E-state index is 12.0. The standard InChI is InChI=1S/C15H14N2O3/c1-10-6-7-12(11(9-10)15(19)20-2)17-14(18)13-5-3-4-8-16-13/h3-9H,1-2H3,(H,17,18). The second-order valence-electron chi connectivity index (χ2n) is 4.21. The van der Waals surface area contributed by atoms with Gasteiger partial charge in [-0.15, -0.1) is 0 Å². The number of amides is 1. The lowest BCUT2D eigenvalue weighted by Crippen LogP contribution is -2.16. The molecule has 0 aliphatic heterocycles. The third-order valence-electron chi connectivity index (χ3n) is 2.73. The van der Waals surface area contributed by atoms with E-state index in [1.165, 1.54) is 13.3 Å². The fraction of sp³-hybridized carbons (Fsp3) is 0.133. The number of hydrogen-bond donors (Lipinski definition) is 1. The molecule has 5 heteroatoms. The number of anilines is 1. The summed E-state index contributed by atoms with van der Waals surface area (Å²) >= 11 is 0. The van der Waals surface area contributed by atoms with Crippen LogP contribution >= 0.6 is 0 Å². The van der Waals surface area contributed by atoms with E-state index in [0.717, 1.165) is 5.56 Å². The van der Waals surface area contributed by atoms with Gasteiger partial charge in [0.15, 0.2) is 0 Å². The highest BCUT2D eigenvalue weighted by Gasteiger charge is 2.15. The number of benzene rings is 1. The Balaban J connectivity index is 2.30. The van der Waals surface area contributed by atoms with Crippen LogP contribution in [0.5, 0.6) is 0 Å². The summed E-state index contributed by atoms with van der Waals surface area (Å²) in [5, 5.41) is 2.67. The topological polar surface area (TPSA) is 68.3 Å². The van der Waals surface area contributed by atoms with E-state index in [4.69, 9.17) is 4.74 Å². The molecule has 1 aromatic carbocycles. The van der Waals surface area contributed by atoms with Crippen molar-refractivity contribution in [1.82, 2.24) is 4.98 Å². The minimum absolute atomic E-state index is 0.281. The van der Waals surface area contributed by atoms with Crippen molar-refractivity contribution in [3.8, 4) is 0 Å². The second-order valence-corrected chi connectivity index (χ2v) is 4.21. The lowest BCUT2D eigenvalue weighted by atomic mass is 10.1. The average molecular weight is 270 g/mol. The molecule has 2 rings (SSSR count). The normalized spacial score (nSPS) is 9.90. The highest BCUT2D eigenvalue weighted by atomic mass is 16.5. The fourth-order valence-electron chi connectivity index (χ4n) is 1.73. The molecule has 5 nitrogen and oxygen atoms in total. The van der Waals surface area contributed by atoms with Crippen LogP contribution in [-0.2, 0) is 4.74 Å². The molecule has 0 radical (unpaired) electrons. The first-order valence-corrected chi connectivity index (χ1v) is 6.03. The van der Waals surface area contributed by atoms with E-state index < -0.39 is 5.97 Å². The summed E-state index contributed by atoms with van der Waals surface area (Å²) in [4.78, 5) is 27.7. The van der Waals surface area contributed by atoms with Crippen molar-refractivity contribution in [2.75, 3.05) is 12.4 Å². The van der Waals surface area contributed by atoms with Crippen LogP contribution in [0.4, 0.5) is 5.69 Å². The van der Waals surface area contributed by atoms with Crippen LogP contribution in [0.25, 0.3) is 0 Å². The highest BCUT2D eigenvalue weighted by Crippen LogP contribution is 2.19. The Hall–Kier alpha value is -2.69. The molecule has 0 aliphatic rings. The number of carbonyl (C=O) groups excluding carboxylic acids is 2. The minimum Gasteiger partial charge on any atom is -0.465 e. The molecule has 2 aromatic rings. The summed E-state index contributed by atoms with van der Waals surface area (Å²) in [5.41, 5.74) is 1.90. The van der Waals surface area contributed by atoms with Crippen LogP contribution in [0.15, 0.2) is 42.6 Å². The van der Waals surface area contributed by atoms with Crippen molar-refractivity contribution in [3.05, 3.63) is 59.4 Å². The Labute approximate surface area is 116 Å². The molecular weight excluding hydrogens is 256 g/mol. The van der Waals surface area contributed by atoms with Gasteiger partial charge in [0.05, 0.1) is 18.4 Å². The molecule has 0 atom stereocenters. The molecule has 1 N–H and O–H groups in total. The van der Waals surface area contributed by atoms with Gasteiger partial charge in [-0.2, -0.15) is 0 Å². The van der Waals surface area contributed by atoms with Crippen LogP contribution in [0.2, 0.25) is 0 Å². The van der Waals surface area contributed by atoms with Crippen molar-refractivity contribution < 1.29 is 14.3 Å². The number of carbonyl (C=O) groups is 2. The van der Waals surface area contributed by atoms with Crippen molar-refractivity contribution >= 4 is 17.6 Å². The summed E-state index contributed by atoms with van der Waals surface area (Å²) < 4.78 is 4.71. The zero-order chi connectivity index (χ0) is 14.5. The molecule has 1 amide bonds. The number of aryl methyl sites for hydroxylation is 1. The number of nitrogens with one attached hydrogen (secondary N) is 1. The van der Waals surface area contributed by atoms with E-state index in [0.29, 0.717) is 11.3 Å². The summed E-state index contributed by atoms with van der Waals surface area (Å²) in [6, 6.07) is 10.2. The van der Waals surface area contributed by atoms with Gasteiger partial charge in [0, 0.05) is 6.20 Å². The number of methoxy groups -OCH3 is 1. The Morgan fingerprint density at radius 3 is 2.65 bits per heavy atom. The Bertz CT molecular complexity index is 639. The molecule has 20 heavy (non-hydrogen) atoms. The van der Waals surface area contributed by atoms with Crippen LogP contribution in [-0.4, -0.2) is 24.0 Å². The molecule has 1 aromatic heterocycles. The fourth-order valence-corrected chi connectivity index (χ4v) is 1.73. The first-order chi connectivity index (χ1) is 9.61. The SMILES string of the molecule is COC(=O)c1cc(C)ccc1NC(=O)c1ccccn1. The lowest BCUT2D eigenvalue weighted by Gasteiger charge is -2.10. The first-order valence-electron chi connectivity index (χ1n) is 6.03. The zero-order valence-corrected chi connectivity index (χ0v) is 11.2. The van der Waals surface area contributed by atoms with Crippen molar-refractivity contribution in [3.63, 3.8) is 0 Å². The molecule has 0 unspecified atom stereocenters. The number of nitrogens with zero attached hydrogens (tertiary/aromatic N) is 1. The third-order valence-corrected chi connectivity index (χ3v) is 2.73. The van der Waals surface area contributed by atoms with E-state index in [1.807, 2.05) is 6.92 Å². The van der Waals surface area contributed by atoms with Gasteiger partial charge in [-0.1, -0.05) is 17.7 Å². The summed E-state index contributed by atoms with van der Waals surface area (Å²) in [7, 11) is 1.30. The number of pyridine rings is 1. The van der Waals surface area contributed by atoms with Gasteiger partial charge in [0.1, 0.15) is 5.69 Å². The third kappa shape index (κ3) is 3.00. The molecule has 0 spiro atoms. The molecule has 0 bridgehead atoms. The van der Waals surface area contributed by atoms with Gasteiger partial charge in [0.25, 0.3) is 5.91 Å². The highest BCUT2D eigenvalue weighted by molar-refractivity contribution is 6.07. The number of rotatable bonds is 3. The largest absolute Gasteiger partial charge is 0.465 e. The van der Waals surface area contributed by atoms with Gasteiger partial charge < -0.3 is 10.1 Å². The Morgan fingerprint density at radius 2 is 2.00 bits per heavy atom. The zero-order valence-electron chi connectivity index (χ0n) is 11.2. The molecule has 0 saturated carbocycles. The maximum Gasteiger partial charge on any atom is 0.339 e. The molecule has 0 aliphatic carbocycles. The van der Waals surface area contributed by atoms with E-state index >= 15 is 0 Å². The smallest absolute Gasteiger partial charge is 0.339 e. The number of esters is 1. The predicted molar refractivity (Wildman–Crippen MR) is 74.7 cm³/mol. The predicted octanol–water partition coefficient (Wildman–Crippen LogP) is 2.43. The lowest BCUT2D eigenvalue weighted by molar-refractivity contribution is 0.0602. The van der Waals surface area contributed by atoms with Crippen LogP contribution < -0.4 is 5.32 Å². The Morgan fingerprint density at radius 1 is 1.20 bits per heavy atom. The monoisotopic (exact) mass is 270 g/mol. The Kier molecular flexibility index (Phi) is 4.10. The number of aromatic nitrogens is 1. The molecule has 0 saturated heterocycles. The van der Waals surface area contributed by atoms with E-state index in [9.17, 15) is 9.59 Å². The molecule has 102 valence electrons. The van der Waals surface area contributed by atoms with Crippen LogP contribution in [0, 0.1) is 6.92 Å². The van der Waals surface area contributed by atoms with Crippen LogP contribution in [0.1, 0.15) is 26.4 Å². The second kappa shape index (κ2) is 5.97. The van der Waals surface area contributed by atoms with Crippen molar-refractivity contribution in [1.29, 1.82) is 0 Å². The minimum atomic E-state index is -0.495. The van der Waals surface area contributed by atoms with E-state index in [2.05, 4.69) is 10.3 Å². The molecule has 1 heterocycles. The van der Waals surface area contributed by atoms with E-state index in [1.54, 1.807) is 36.4 Å². The number of hydrogen-bond acceptors (Lipinski definition) is 4. The summed E-state index contributed by atoms with van der Waals surface area (Å²) in [6.07, 6.45) is 1.53. The van der Waals surface area contributed by atoms with Gasteiger partial charge in [-0.05, 0) is 31.2 Å². The molecule has 0 fully saturated rings.